The van der Waals surface area contributed by atoms with Crippen molar-refractivity contribution in [2.24, 2.45) is 0 Å². The van der Waals surface area contributed by atoms with Crippen LogP contribution in [0.1, 0.15) is 6.42 Å². The first-order valence-corrected chi connectivity index (χ1v) is 6.51. The molecule has 0 radical (unpaired) electrons. The van der Waals surface area contributed by atoms with Crippen molar-refractivity contribution in [3.05, 3.63) is 27.8 Å². The molecule has 6 heteroatoms. The summed E-state index contributed by atoms with van der Waals surface area (Å²) in [7, 11) is 0. The van der Waals surface area contributed by atoms with Gasteiger partial charge in [-0.1, -0.05) is 0 Å². The van der Waals surface area contributed by atoms with Crippen LogP contribution in [0.15, 0.2) is 24.3 Å². The minimum Gasteiger partial charge on any atom is -0.492 e. The minimum absolute atomic E-state index is 0.203. The summed E-state index contributed by atoms with van der Waals surface area (Å²) in [5.41, 5.74) is 0. The van der Waals surface area contributed by atoms with Gasteiger partial charge in [0.2, 0.25) is 0 Å². The van der Waals surface area contributed by atoms with Gasteiger partial charge in [0.15, 0.2) is 0 Å². The van der Waals surface area contributed by atoms with Crippen LogP contribution >= 0.6 is 22.6 Å². The van der Waals surface area contributed by atoms with Crippen molar-refractivity contribution in [1.82, 2.24) is 4.90 Å². The molecule has 1 aromatic rings. The van der Waals surface area contributed by atoms with Gasteiger partial charge >= 0.3 is 6.09 Å². The number of aldehydes is 1. The Bertz CT molecular complexity index is 394. The maximum absolute atomic E-state index is 10.8. The van der Waals surface area contributed by atoms with Crippen LogP contribution in [0.25, 0.3) is 0 Å². The van der Waals surface area contributed by atoms with Crippen molar-refractivity contribution < 1.29 is 19.4 Å². The second-order valence-electron chi connectivity index (χ2n) is 3.53. The summed E-state index contributed by atoms with van der Waals surface area (Å²) in [5.74, 6) is 0.705. The molecule has 0 heterocycles. The highest BCUT2D eigenvalue weighted by Crippen LogP contribution is 2.13. The first-order valence-electron chi connectivity index (χ1n) is 5.43. The van der Waals surface area contributed by atoms with Crippen LogP contribution in [0.4, 0.5) is 4.79 Å². The summed E-state index contributed by atoms with van der Waals surface area (Å²) in [5, 5.41) is 8.89. The molecule has 1 aromatic carbocycles. The molecule has 0 saturated heterocycles. The van der Waals surface area contributed by atoms with Crippen LogP contribution in [-0.2, 0) is 4.79 Å². The lowest BCUT2D eigenvalue weighted by molar-refractivity contribution is -0.108. The second kappa shape index (κ2) is 7.91. The van der Waals surface area contributed by atoms with Crippen molar-refractivity contribution in [3.63, 3.8) is 0 Å². The van der Waals surface area contributed by atoms with Crippen molar-refractivity contribution in [2.75, 3.05) is 19.7 Å². The molecule has 0 aromatic heterocycles. The van der Waals surface area contributed by atoms with E-state index in [1.807, 2.05) is 24.3 Å². The molecular formula is C12H14INO4. The number of hydrogen-bond donors (Lipinski definition) is 1. The molecule has 5 nitrogen and oxygen atoms in total. The molecule has 0 aliphatic heterocycles. The molecule has 0 aliphatic rings. The topological polar surface area (TPSA) is 66.8 Å². The average molecular weight is 363 g/mol. The zero-order valence-corrected chi connectivity index (χ0v) is 11.9. The molecule has 98 valence electrons. The van der Waals surface area contributed by atoms with Gasteiger partial charge in [-0.15, -0.1) is 0 Å². The maximum Gasteiger partial charge on any atom is 0.407 e. The first kappa shape index (κ1) is 14.7. The predicted molar refractivity (Wildman–Crippen MR) is 74.9 cm³/mol. The first-order chi connectivity index (χ1) is 8.63. The van der Waals surface area contributed by atoms with Gasteiger partial charge in [0.05, 0.1) is 6.54 Å². The van der Waals surface area contributed by atoms with Gasteiger partial charge in [0.25, 0.3) is 0 Å². The largest absolute Gasteiger partial charge is 0.492 e. The Balaban J connectivity index is 2.36. The van der Waals surface area contributed by atoms with E-state index in [0.717, 1.165) is 3.57 Å². The number of carboxylic acid groups (broad SMARTS) is 1. The number of nitrogens with zero attached hydrogens (tertiary/aromatic N) is 1. The SMILES string of the molecule is O=CCCN(CCOc1ccc(I)cc1)C(=O)O. The molecule has 1 amide bonds. The smallest absolute Gasteiger partial charge is 0.407 e. The number of benzene rings is 1. The number of ether oxygens (including phenoxy) is 1. The Morgan fingerprint density at radius 1 is 1.33 bits per heavy atom. The third-order valence-corrected chi connectivity index (χ3v) is 2.95. The van der Waals surface area contributed by atoms with E-state index in [4.69, 9.17) is 9.84 Å². The number of amides is 1. The molecule has 0 atom stereocenters. The predicted octanol–water partition coefficient (Wildman–Crippen LogP) is 2.24. The van der Waals surface area contributed by atoms with Crippen LogP contribution in [-0.4, -0.2) is 42.1 Å². The lowest BCUT2D eigenvalue weighted by Gasteiger charge is -2.18. The monoisotopic (exact) mass is 363 g/mol. The molecule has 0 spiro atoms. The molecule has 0 fully saturated rings. The molecule has 0 aliphatic carbocycles. The lowest BCUT2D eigenvalue weighted by atomic mass is 10.3. The fraction of sp³-hybridized carbons (Fsp3) is 0.333. The lowest BCUT2D eigenvalue weighted by Crippen LogP contribution is -2.34. The third-order valence-electron chi connectivity index (χ3n) is 2.23. The van der Waals surface area contributed by atoms with Crippen LogP contribution in [0, 0.1) is 3.57 Å². The summed E-state index contributed by atoms with van der Waals surface area (Å²) in [4.78, 5) is 22.2. The highest BCUT2D eigenvalue weighted by atomic mass is 127. The third kappa shape index (κ3) is 5.35. The number of hydrogen-bond acceptors (Lipinski definition) is 3. The van der Waals surface area contributed by atoms with Gasteiger partial charge < -0.3 is 19.5 Å². The van der Waals surface area contributed by atoms with Crippen LogP contribution < -0.4 is 4.74 Å². The molecular weight excluding hydrogens is 349 g/mol. The Hall–Kier alpha value is -1.31. The van der Waals surface area contributed by atoms with Crippen LogP contribution in [0.2, 0.25) is 0 Å². The van der Waals surface area contributed by atoms with E-state index >= 15 is 0 Å². The summed E-state index contributed by atoms with van der Waals surface area (Å²) >= 11 is 2.19. The average Bonchev–Trinajstić information content (AvgIpc) is 2.35. The van der Waals surface area contributed by atoms with Crippen molar-refractivity contribution in [2.45, 2.75) is 6.42 Å². The standard InChI is InChI=1S/C12H14INO4/c13-10-2-4-11(5-3-10)18-9-7-14(12(16)17)6-1-8-15/h2-5,8H,1,6-7,9H2,(H,16,17). The number of rotatable bonds is 7. The van der Waals surface area contributed by atoms with Crippen molar-refractivity contribution in [3.8, 4) is 5.75 Å². The van der Waals surface area contributed by atoms with Crippen molar-refractivity contribution in [1.29, 1.82) is 0 Å². The molecule has 0 bridgehead atoms. The number of carbonyl (C=O) groups excluding carboxylic acids is 1. The number of carbonyl (C=O) groups is 2. The molecule has 0 saturated carbocycles. The van der Waals surface area contributed by atoms with E-state index in [0.29, 0.717) is 12.0 Å². The molecule has 18 heavy (non-hydrogen) atoms. The van der Waals surface area contributed by atoms with E-state index in [2.05, 4.69) is 22.6 Å². The highest BCUT2D eigenvalue weighted by molar-refractivity contribution is 14.1. The second-order valence-corrected chi connectivity index (χ2v) is 4.77. The molecule has 1 rings (SSSR count). The quantitative estimate of drug-likeness (QED) is 0.596. The summed E-state index contributed by atoms with van der Waals surface area (Å²) < 4.78 is 6.53. The van der Waals surface area contributed by atoms with E-state index in [1.54, 1.807) is 0 Å². The Kier molecular flexibility index (Phi) is 6.48. The minimum atomic E-state index is -1.04. The van der Waals surface area contributed by atoms with Gasteiger partial charge in [-0.3, -0.25) is 0 Å². The van der Waals surface area contributed by atoms with Gasteiger partial charge in [0, 0.05) is 16.5 Å². The molecule has 0 unspecified atom stereocenters. The normalized spacial score (nSPS) is 9.83. The Morgan fingerprint density at radius 2 is 2.00 bits per heavy atom. The highest BCUT2D eigenvalue weighted by Gasteiger charge is 2.10. The summed E-state index contributed by atoms with van der Waals surface area (Å²) in [6.07, 6.45) is -0.130. The van der Waals surface area contributed by atoms with E-state index in [9.17, 15) is 9.59 Å². The van der Waals surface area contributed by atoms with E-state index in [1.165, 1.54) is 4.90 Å². The fourth-order valence-electron chi connectivity index (χ4n) is 1.32. The zero-order valence-electron chi connectivity index (χ0n) is 9.71. The van der Waals surface area contributed by atoms with E-state index < -0.39 is 6.09 Å². The van der Waals surface area contributed by atoms with Crippen LogP contribution in [0.3, 0.4) is 0 Å². The zero-order chi connectivity index (χ0) is 13.4. The van der Waals surface area contributed by atoms with Gasteiger partial charge in [0.1, 0.15) is 18.6 Å². The van der Waals surface area contributed by atoms with Gasteiger partial charge in [-0.25, -0.2) is 4.79 Å². The Labute approximate surface area is 119 Å². The number of halogens is 1. The van der Waals surface area contributed by atoms with E-state index in [-0.39, 0.29) is 26.1 Å². The summed E-state index contributed by atoms with van der Waals surface area (Å²) in [6.45, 7) is 0.718. The van der Waals surface area contributed by atoms with Gasteiger partial charge in [-0.2, -0.15) is 0 Å². The maximum atomic E-state index is 10.8. The fourth-order valence-corrected chi connectivity index (χ4v) is 1.68. The van der Waals surface area contributed by atoms with Crippen molar-refractivity contribution >= 4 is 35.0 Å². The van der Waals surface area contributed by atoms with Gasteiger partial charge in [-0.05, 0) is 46.9 Å². The molecule has 1 N–H and O–H groups in total. The summed E-state index contributed by atoms with van der Waals surface area (Å²) in [6, 6.07) is 7.49. The Morgan fingerprint density at radius 3 is 2.56 bits per heavy atom. The van der Waals surface area contributed by atoms with Crippen LogP contribution in [0.5, 0.6) is 5.75 Å².